The highest BCUT2D eigenvalue weighted by Crippen LogP contribution is 2.35. The number of nitrogens with zero attached hydrogens (tertiary/aromatic N) is 2. The molecule has 1 aromatic rings. The second-order valence-electron chi connectivity index (χ2n) is 4.81. The molecule has 0 amide bonds. The van der Waals surface area contributed by atoms with Crippen molar-refractivity contribution in [3.63, 3.8) is 0 Å². The van der Waals surface area contributed by atoms with Crippen LogP contribution in [-0.2, 0) is 5.88 Å². The van der Waals surface area contributed by atoms with Crippen molar-refractivity contribution in [2.75, 3.05) is 6.54 Å². The third-order valence-electron chi connectivity index (χ3n) is 3.35. The lowest BCUT2D eigenvalue weighted by atomic mass is 10.2. The Morgan fingerprint density at radius 1 is 1.59 bits per heavy atom. The molecule has 1 heterocycles. The van der Waals surface area contributed by atoms with E-state index in [0.29, 0.717) is 11.9 Å². The molecule has 0 aliphatic heterocycles. The van der Waals surface area contributed by atoms with Crippen LogP contribution >= 0.6 is 22.9 Å². The first-order valence-electron chi connectivity index (χ1n) is 6.52. The van der Waals surface area contributed by atoms with E-state index in [1.807, 2.05) is 0 Å². The first-order valence-corrected chi connectivity index (χ1v) is 7.93. The zero-order valence-corrected chi connectivity index (χ0v) is 12.2. The van der Waals surface area contributed by atoms with Gasteiger partial charge in [0, 0.05) is 11.4 Å². The number of unbranched alkanes of at least 4 members (excludes halogenated alkanes) is 1. The van der Waals surface area contributed by atoms with Crippen LogP contribution < -0.4 is 0 Å². The summed E-state index contributed by atoms with van der Waals surface area (Å²) in [6, 6.07) is 1.26. The van der Waals surface area contributed by atoms with Gasteiger partial charge in [-0.05, 0) is 32.7 Å². The second kappa shape index (κ2) is 6.17. The summed E-state index contributed by atoms with van der Waals surface area (Å²) < 4.78 is 0. The number of alkyl halides is 1. The van der Waals surface area contributed by atoms with Crippen molar-refractivity contribution in [1.82, 2.24) is 9.88 Å². The molecule has 1 aliphatic rings. The Kier molecular flexibility index (Phi) is 4.83. The van der Waals surface area contributed by atoms with E-state index in [1.54, 1.807) is 11.3 Å². The molecular formula is C13H21ClN2S. The van der Waals surface area contributed by atoms with Gasteiger partial charge in [-0.15, -0.1) is 22.9 Å². The van der Waals surface area contributed by atoms with Crippen LogP contribution in [0.25, 0.3) is 0 Å². The Morgan fingerprint density at radius 3 is 2.88 bits per heavy atom. The minimum atomic E-state index is 0.455. The number of hydrogen-bond acceptors (Lipinski definition) is 3. The van der Waals surface area contributed by atoms with Gasteiger partial charge in [0.2, 0.25) is 0 Å². The molecular weight excluding hydrogens is 252 g/mol. The molecule has 1 fully saturated rings. The maximum absolute atomic E-state index is 5.81. The predicted molar refractivity (Wildman–Crippen MR) is 74.7 cm³/mol. The molecule has 1 unspecified atom stereocenters. The normalized spacial score (nSPS) is 17.6. The molecule has 1 saturated carbocycles. The van der Waals surface area contributed by atoms with Gasteiger partial charge in [0.05, 0.1) is 17.6 Å². The summed E-state index contributed by atoms with van der Waals surface area (Å²) >= 11 is 7.57. The van der Waals surface area contributed by atoms with Crippen molar-refractivity contribution in [2.45, 2.75) is 57.5 Å². The summed E-state index contributed by atoms with van der Waals surface area (Å²) in [6.45, 7) is 5.74. The fourth-order valence-corrected chi connectivity index (χ4v) is 3.28. The molecule has 0 radical (unpaired) electrons. The molecule has 4 heteroatoms. The molecule has 0 saturated heterocycles. The quantitative estimate of drug-likeness (QED) is 0.692. The maximum atomic E-state index is 5.81. The molecule has 96 valence electrons. The van der Waals surface area contributed by atoms with Crippen molar-refractivity contribution in [3.8, 4) is 0 Å². The predicted octanol–water partition coefficient (Wildman–Crippen LogP) is 4.21. The van der Waals surface area contributed by atoms with E-state index in [4.69, 9.17) is 11.6 Å². The Hall–Kier alpha value is -0.120. The fraction of sp³-hybridized carbons (Fsp3) is 0.769. The molecule has 1 aromatic heterocycles. The molecule has 0 bridgehead atoms. The SMILES string of the molecule is CCCCN(C1CC1)C(C)c1nc(CCl)cs1. The van der Waals surface area contributed by atoms with Crippen LogP contribution in [0.4, 0.5) is 0 Å². The summed E-state index contributed by atoms with van der Waals surface area (Å²) in [5.41, 5.74) is 1.02. The Labute approximate surface area is 113 Å². The van der Waals surface area contributed by atoms with Gasteiger partial charge in [0.1, 0.15) is 5.01 Å². The van der Waals surface area contributed by atoms with Crippen LogP contribution in [0.1, 0.15) is 56.3 Å². The van der Waals surface area contributed by atoms with Crippen molar-refractivity contribution >= 4 is 22.9 Å². The van der Waals surface area contributed by atoms with Gasteiger partial charge in [-0.2, -0.15) is 0 Å². The third-order valence-corrected chi connectivity index (χ3v) is 4.68. The first kappa shape index (κ1) is 13.3. The zero-order valence-electron chi connectivity index (χ0n) is 10.7. The molecule has 17 heavy (non-hydrogen) atoms. The van der Waals surface area contributed by atoms with Crippen LogP contribution in [0, 0.1) is 0 Å². The van der Waals surface area contributed by atoms with Gasteiger partial charge in [-0.3, -0.25) is 4.90 Å². The van der Waals surface area contributed by atoms with Gasteiger partial charge < -0.3 is 0 Å². The zero-order chi connectivity index (χ0) is 12.3. The Morgan fingerprint density at radius 2 is 2.35 bits per heavy atom. The summed E-state index contributed by atoms with van der Waals surface area (Å²) in [5, 5.41) is 3.31. The van der Waals surface area contributed by atoms with Crippen LogP contribution in [0.2, 0.25) is 0 Å². The molecule has 1 atom stereocenters. The van der Waals surface area contributed by atoms with Crippen molar-refractivity contribution in [3.05, 3.63) is 16.1 Å². The second-order valence-corrected chi connectivity index (χ2v) is 5.97. The van der Waals surface area contributed by atoms with Gasteiger partial charge in [-0.1, -0.05) is 13.3 Å². The van der Waals surface area contributed by atoms with E-state index in [0.717, 1.165) is 11.7 Å². The van der Waals surface area contributed by atoms with E-state index in [9.17, 15) is 0 Å². The Bertz CT molecular complexity index is 349. The Balaban J connectivity index is 2.01. The highest BCUT2D eigenvalue weighted by atomic mass is 35.5. The largest absolute Gasteiger partial charge is 0.291 e. The van der Waals surface area contributed by atoms with Crippen molar-refractivity contribution in [1.29, 1.82) is 0 Å². The van der Waals surface area contributed by atoms with E-state index in [2.05, 4.69) is 29.1 Å². The molecule has 0 N–H and O–H groups in total. The molecule has 1 aliphatic carbocycles. The van der Waals surface area contributed by atoms with E-state index in [-0.39, 0.29) is 0 Å². The van der Waals surface area contributed by atoms with E-state index >= 15 is 0 Å². The van der Waals surface area contributed by atoms with Crippen LogP contribution in [0.5, 0.6) is 0 Å². The van der Waals surface area contributed by atoms with Crippen LogP contribution in [0.15, 0.2) is 5.38 Å². The fourth-order valence-electron chi connectivity index (χ4n) is 2.16. The maximum Gasteiger partial charge on any atom is 0.110 e. The summed E-state index contributed by atoms with van der Waals surface area (Å²) in [5.74, 6) is 0.529. The molecule has 0 spiro atoms. The van der Waals surface area contributed by atoms with Gasteiger partial charge in [-0.25, -0.2) is 4.98 Å². The molecule has 0 aromatic carbocycles. The van der Waals surface area contributed by atoms with Crippen molar-refractivity contribution < 1.29 is 0 Å². The van der Waals surface area contributed by atoms with E-state index < -0.39 is 0 Å². The van der Waals surface area contributed by atoms with Gasteiger partial charge >= 0.3 is 0 Å². The van der Waals surface area contributed by atoms with Crippen LogP contribution in [0.3, 0.4) is 0 Å². The molecule has 2 rings (SSSR count). The standard InChI is InChI=1S/C13H21ClN2S/c1-3-4-7-16(12-5-6-12)10(2)13-15-11(8-14)9-17-13/h9-10,12H,3-8H2,1-2H3. The minimum Gasteiger partial charge on any atom is -0.291 e. The van der Waals surface area contributed by atoms with Crippen molar-refractivity contribution in [2.24, 2.45) is 0 Å². The average Bonchev–Trinajstić information content (AvgIpc) is 3.06. The minimum absolute atomic E-state index is 0.455. The summed E-state index contributed by atoms with van der Waals surface area (Å²) in [4.78, 5) is 7.24. The number of aromatic nitrogens is 1. The number of thiazole rings is 1. The number of halogens is 1. The summed E-state index contributed by atoms with van der Waals surface area (Å²) in [6.07, 6.45) is 5.28. The average molecular weight is 273 g/mol. The van der Waals surface area contributed by atoms with Crippen LogP contribution in [-0.4, -0.2) is 22.5 Å². The smallest absolute Gasteiger partial charge is 0.110 e. The highest BCUT2D eigenvalue weighted by molar-refractivity contribution is 7.09. The number of hydrogen-bond donors (Lipinski definition) is 0. The van der Waals surface area contributed by atoms with Gasteiger partial charge in [0.25, 0.3) is 0 Å². The van der Waals surface area contributed by atoms with Gasteiger partial charge in [0.15, 0.2) is 0 Å². The number of rotatable bonds is 7. The monoisotopic (exact) mass is 272 g/mol. The third kappa shape index (κ3) is 3.43. The first-order chi connectivity index (χ1) is 8.26. The topological polar surface area (TPSA) is 16.1 Å². The molecule has 2 nitrogen and oxygen atoms in total. The highest BCUT2D eigenvalue weighted by Gasteiger charge is 2.33. The lowest BCUT2D eigenvalue weighted by Gasteiger charge is -2.27. The lowest BCUT2D eigenvalue weighted by molar-refractivity contribution is 0.196. The van der Waals surface area contributed by atoms with E-state index in [1.165, 1.54) is 37.2 Å². The lowest BCUT2D eigenvalue weighted by Crippen LogP contribution is -2.30. The summed E-state index contributed by atoms with van der Waals surface area (Å²) in [7, 11) is 0.